The van der Waals surface area contributed by atoms with E-state index < -0.39 is 0 Å². The maximum Gasteiger partial charge on any atom is 0.127 e. The lowest BCUT2D eigenvalue weighted by Crippen LogP contribution is -2.46. The molecule has 1 N–H and O–H groups in total. The predicted octanol–water partition coefficient (Wildman–Crippen LogP) is 2.29. The Hall–Kier alpha value is -1.44. The van der Waals surface area contributed by atoms with Crippen molar-refractivity contribution in [3.8, 4) is 6.07 Å². The van der Waals surface area contributed by atoms with Gasteiger partial charge < -0.3 is 5.11 Å². The minimum absolute atomic E-state index is 0.0823. The van der Waals surface area contributed by atoms with E-state index in [0.29, 0.717) is 23.6 Å². The zero-order valence-electron chi connectivity index (χ0n) is 11.1. The van der Waals surface area contributed by atoms with Gasteiger partial charge >= 0.3 is 0 Å². The number of hydrogen-bond acceptors (Lipinski definition) is 3. The molecule has 1 aromatic carbocycles. The zero-order chi connectivity index (χ0) is 13.8. The summed E-state index contributed by atoms with van der Waals surface area (Å²) in [6.45, 7) is 3.54. The second-order valence-corrected chi connectivity index (χ2v) is 5.26. The van der Waals surface area contributed by atoms with Crippen LogP contribution in [0.1, 0.15) is 30.9 Å². The fourth-order valence-corrected chi connectivity index (χ4v) is 2.81. The number of likely N-dealkylation sites (tertiary alicyclic amines) is 1. The number of rotatable bonds is 3. The molecule has 4 heteroatoms. The van der Waals surface area contributed by atoms with Crippen molar-refractivity contribution in [2.75, 3.05) is 13.2 Å². The van der Waals surface area contributed by atoms with Gasteiger partial charge in [0.15, 0.2) is 0 Å². The summed E-state index contributed by atoms with van der Waals surface area (Å²) in [6.07, 6.45) is 2.17. The van der Waals surface area contributed by atoms with E-state index in [1.54, 1.807) is 6.07 Å². The number of aliphatic hydroxyl groups excluding tert-OH is 1. The summed E-state index contributed by atoms with van der Waals surface area (Å²) >= 11 is 0. The Kier molecular flexibility index (Phi) is 4.52. The molecule has 0 saturated carbocycles. The highest BCUT2D eigenvalue weighted by atomic mass is 19.1. The molecule has 19 heavy (non-hydrogen) atoms. The summed E-state index contributed by atoms with van der Waals surface area (Å²) < 4.78 is 13.8. The first-order valence-corrected chi connectivity index (χ1v) is 6.69. The van der Waals surface area contributed by atoms with Crippen molar-refractivity contribution < 1.29 is 9.50 Å². The van der Waals surface area contributed by atoms with Crippen LogP contribution in [0.4, 0.5) is 4.39 Å². The first kappa shape index (κ1) is 14.0. The first-order valence-electron chi connectivity index (χ1n) is 6.69. The summed E-state index contributed by atoms with van der Waals surface area (Å²) in [5.74, 6) is 0.134. The molecule has 1 heterocycles. The lowest BCUT2D eigenvalue weighted by atomic mass is 9.91. The number of halogens is 1. The van der Waals surface area contributed by atoms with Crippen molar-refractivity contribution in [2.45, 2.75) is 32.4 Å². The third kappa shape index (κ3) is 3.12. The molecular formula is C15H19FN2O. The summed E-state index contributed by atoms with van der Waals surface area (Å²) in [4.78, 5) is 2.12. The van der Waals surface area contributed by atoms with Gasteiger partial charge in [-0.2, -0.15) is 5.26 Å². The number of nitriles is 1. The van der Waals surface area contributed by atoms with Crippen molar-refractivity contribution in [1.29, 1.82) is 5.26 Å². The van der Waals surface area contributed by atoms with E-state index in [1.165, 1.54) is 12.1 Å². The van der Waals surface area contributed by atoms with Crippen LogP contribution in [0.3, 0.4) is 0 Å². The molecule has 0 aromatic heterocycles. The predicted molar refractivity (Wildman–Crippen MR) is 70.8 cm³/mol. The molecule has 1 fully saturated rings. The molecule has 1 aromatic rings. The van der Waals surface area contributed by atoms with E-state index in [9.17, 15) is 9.50 Å². The normalized spacial score (nSPS) is 24.1. The largest absolute Gasteiger partial charge is 0.395 e. The highest BCUT2D eigenvalue weighted by Gasteiger charge is 2.28. The topological polar surface area (TPSA) is 47.3 Å². The lowest BCUT2D eigenvalue weighted by Gasteiger charge is -2.39. The Balaban J connectivity index is 2.17. The summed E-state index contributed by atoms with van der Waals surface area (Å²) in [5.41, 5.74) is 1.01. The van der Waals surface area contributed by atoms with E-state index in [-0.39, 0.29) is 18.5 Å². The maximum absolute atomic E-state index is 13.8. The number of hydrogen-bond donors (Lipinski definition) is 1. The Bertz CT molecular complexity index is 484. The first-order chi connectivity index (χ1) is 9.15. The zero-order valence-corrected chi connectivity index (χ0v) is 11.1. The Morgan fingerprint density at radius 3 is 3.00 bits per heavy atom. The standard InChI is InChI=1S/C15H19FN2O/c1-11-3-2-6-18(15(11)10-19)9-13-7-12(8-17)4-5-14(13)16/h4-5,7,11,15,19H,2-3,6,9-10H2,1H3. The van der Waals surface area contributed by atoms with Crippen LogP contribution in [-0.4, -0.2) is 29.2 Å². The van der Waals surface area contributed by atoms with E-state index in [1.807, 2.05) is 6.07 Å². The molecule has 102 valence electrons. The second-order valence-electron chi connectivity index (χ2n) is 5.26. The Morgan fingerprint density at radius 1 is 1.53 bits per heavy atom. The van der Waals surface area contributed by atoms with Gasteiger partial charge in [0.2, 0.25) is 0 Å². The van der Waals surface area contributed by atoms with Crippen molar-refractivity contribution in [1.82, 2.24) is 4.90 Å². The molecular weight excluding hydrogens is 243 g/mol. The van der Waals surface area contributed by atoms with Gasteiger partial charge in [-0.1, -0.05) is 6.92 Å². The highest BCUT2D eigenvalue weighted by Crippen LogP contribution is 2.25. The molecule has 3 nitrogen and oxygen atoms in total. The number of piperidine rings is 1. The summed E-state index contributed by atoms with van der Waals surface area (Å²) in [7, 11) is 0. The molecule has 0 radical (unpaired) electrons. The van der Waals surface area contributed by atoms with E-state index >= 15 is 0 Å². The molecule has 1 aliphatic rings. The number of nitrogens with zero attached hydrogens (tertiary/aromatic N) is 2. The van der Waals surface area contributed by atoms with Crippen LogP contribution in [0.2, 0.25) is 0 Å². The van der Waals surface area contributed by atoms with Crippen LogP contribution < -0.4 is 0 Å². The number of aliphatic hydroxyl groups is 1. The SMILES string of the molecule is CC1CCCN(Cc2cc(C#N)ccc2F)C1CO. The molecule has 0 spiro atoms. The van der Waals surface area contributed by atoms with Gasteiger partial charge in [0.05, 0.1) is 18.2 Å². The molecule has 1 aliphatic heterocycles. The fraction of sp³-hybridized carbons (Fsp3) is 0.533. The van der Waals surface area contributed by atoms with Gasteiger partial charge in [-0.3, -0.25) is 4.90 Å². The molecule has 0 amide bonds. The average molecular weight is 262 g/mol. The highest BCUT2D eigenvalue weighted by molar-refractivity contribution is 5.33. The minimum Gasteiger partial charge on any atom is -0.395 e. The van der Waals surface area contributed by atoms with E-state index in [2.05, 4.69) is 11.8 Å². The van der Waals surface area contributed by atoms with Crippen LogP contribution >= 0.6 is 0 Å². The van der Waals surface area contributed by atoms with Gasteiger partial charge in [0.1, 0.15) is 5.82 Å². The van der Waals surface area contributed by atoms with E-state index in [4.69, 9.17) is 5.26 Å². The molecule has 2 unspecified atom stereocenters. The third-order valence-corrected chi connectivity index (χ3v) is 3.97. The smallest absolute Gasteiger partial charge is 0.127 e. The van der Waals surface area contributed by atoms with Crippen LogP contribution in [-0.2, 0) is 6.54 Å². The molecule has 2 rings (SSSR count). The van der Waals surface area contributed by atoms with Crippen molar-refractivity contribution in [2.24, 2.45) is 5.92 Å². The third-order valence-electron chi connectivity index (χ3n) is 3.97. The monoisotopic (exact) mass is 262 g/mol. The van der Waals surface area contributed by atoms with Crippen molar-refractivity contribution in [3.63, 3.8) is 0 Å². The van der Waals surface area contributed by atoms with Crippen LogP contribution in [0.15, 0.2) is 18.2 Å². The summed E-state index contributed by atoms with van der Waals surface area (Å²) in [5, 5.41) is 18.4. The molecule has 2 atom stereocenters. The lowest BCUT2D eigenvalue weighted by molar-refractivity contribution is 0.0465. The molecule has 1 saturated heterocycles. The van der Waals surface area contributed by atoms with Crippen LogP contribution in [0.25, 0.3) is 0 Å². The number of benzene rings is 1. The van der Waals surface area contributed by atoms with Gasteiger partial charge in [-0.05, 0) is 43.5 Å². The Labute approximate surface area is 113 Å². The fourth-order valence-electron chi connectivity index (χ4n) is 2.81. The average Bonchev–Trinajstić information content (AvgIpc) is 2.41. The second kappa shape index (κ2) is 6.14. The van der Waals surface area contributed by atoms with E-state index in [0.717, 1.165) is 19.4 Å². The maximum atomic E-state index is 13.8. The van der Waals surface area contributed by atoms with Gasteiger partial charge in [0, 0.05) is 18.2 Å². The van der Waals surface area contributed by atoms with Gasteiger partial charge in [0.25, 0.3) is 0 Å². The summed E-state index contributed by atoms with van der Waals surface area (Å²) in [6, 6.07) is 6.54. The van der Waals surface area contributed by atoms with Gasteiger partial charge in [-0.15, -0.1) is 0 Å². The van der Waals surface area contributed by atoms with Gasteiger partial charge in [-0.25, -0.2) is 4.39 Å². The van der Waals surface area contributed by atoms with Crippen LogP contribution in [0, 0.1) is 23.1 Å². The van der Waals surface area contributed by atoms with Crippen molar-refractivity contribution in [3.05, 3.63) is 35.1 Å². The molecule has 0 aliphatic carbocycles. The Morgan fingerprint density at radius 2 is 2.32 bits per heavy atom. The van der Waals surface area contributed by atoms with Crippen LogP contribution in [0.5, 0.6) is 0 Å². The van der Waals surface area contributed by atoms with Crippen molar-refractivity contribution >= 4 is 0 Å². The molecule has 0 bridgehead atoms. The quantitative estimate of drug-likeness (QED) is 0.909. The minimum atomic E-state index is -0.283.